The van der Waals surface area contributed by atoms with Crippen molar-refractivity contribution in [2.75, 3.05) is 25.0 Å². The summed E-state index contributed by atoms with van der Waals surface area (Å²) in [5.74, 6) is -1.89. The lowest BCUT2D eigenvalue weighted by atomic mass is 9.90. The van der Waals surface area contributed by atoms with Crippen molar-refractivity contribution in [1.82, 2.24) is 20.4 Å². The van der Waals surface area contributed by atoms with Gasteiger partial charge in [0, 0.05) is 31.5 Å². The molecule has 2 aliphatic rings. The number of nitrogens with zero attached hydrogens (tertiary/aromatic N) is 3. The first-order valence-corrected chi connectivity index (χ1v) is 16.2. The Bertz CT molecular complexity index is 1590. The Morgan fingerprint density at radius 3 is 2.78 bits per heavy atom. The van der Waals surface area contributed by atoms with E-state index in [1.807, 2.05) is 6.92 Å². The van der Waals surface area contributed by atoms with Crippen molar-refractivity contribution in [3.05, 3.63) is 65.6 Å². The lowest BCUT2D eigenvalue weighted by molar-refractivity contribution is -0.158. The van der Waals surface area contributed by atoms with Crippen molar-refractivity contribution in [3.63, 3.8) is 0 Å². The average molecular weight is 682 g/mol. The van der Waals surface area contributed by atoms with E-state index in [4.69, 9.17) is 18.4 Å². The molecule has 264 valence electrons. The van der Waals surface area contributed by atoms with Gasteiger partial charge in [0.2, 0.25) is 11.8 Å². The monoisotopic (exact) mass is 681 g/mol. The highest BCUT2D eigenvalue weighted by atomic mass is 16.6. The molecule has 5 atom stereocenters. The number of ketones is 1. The average Bonchev–Trinajstić information content (AvgIpc) is 3.81. The minimum Gasteiger partial charge on any atom is -0.460 e. The smallest absolute Gasteiger partial charge is 0.412 e. The number of hydrogen-bond acceptors (Lipinski definition) is 12. The molecule has 2 bridgehead atoms. The second-order valence-electron chi connectivity index (χ2n) is 12.3. The summed E-state index contributed by atoms with van der Waals surface area (Å²) in [5, 5.41) is 19.3. The fourth-order valence-corrected chi connectivity index (χ4v) is 5.62. The molecule has 2 aromatic heterocycles. The van der Waals surface area contributed by atoms with Gasteiger partial charge in [0.1, 0.15) is 30.0 Å². The van der Waals surface area contributed by atoms with Crippen LogP contribution in [-0.2, 0) is 30.3 Å². The molecule has 3 N–H and O–H groups in total. The SMILES string of the molecule is CC1=C[C@@H](O)CC(=O)Cc2nc(co2)C(=O)N2CCC[C@@H]2C(=O)O[C@H]([C@H](C)CCOC(=O)Nc2cc(C)on2)[C@H](C)/C=C/C(=O)NCC=C1. The van der Waals surface area contributed by atoms with E-state index >= 15 is 0 Å². The van der Waals surface area contributed by atoms with Crippen LogP contribution in [0.1, 0.15) is 68.6 Å². The van der Waals surface area contributed by atoms with E-state index in [0.717, 1.165) is 6.26 Å². The second-order valence-corrected chi connectivity index (χ2v) is 12.3. The minimum atomic E-state index is -1.05. The number of aromatic nitrogens is 2. The molecule has 1 fully saturated rings. The number of amides is 3. The molecule has 2 aromatic rings. The molecular weight excluding hydrogens is 638 g/mol. The molecule has 0 saturated carbocycles. The number of aliphatic hydroxyl groups excluding tert-OH is 1. The van der Waals surface area contributed by atoms with Crippen LogP contribution < -0.4 is 10.6 Å². The molecular formula is C34H43N5O10. The van der Waals surface area contributed by atoms with Crippen LogP contribution in [0.15, 0.2) is 57.2 Å². The number of aliphatic hydroxyl groups is 1. The first-order chi connectivity index (χ1) is 23.4. The number of ether oxygens (including phenoxy) is 2. The third-order valence-electron chi connectivity index (χ3n) is 8.12. The number of Topliss-reactive ketones (excluding diaryl/α,β-unsaturated/α-hetero) is 1. The number of esters is 1. The van der Waals surface area contributed by atoms with Gasteiger partial charge in [-0.15, -0.1) is 0 Å². The molecule has 0 radical (unpaired) electrons. The molecule has 0 spiro atoms. The van der Waals surface area contributed by atoms with Crippen LogP contribution in [0.5, 0.6) is 0 Å². The maximum atomic E-state index is 13.6. The number of rotatable bonds is 5. The second kappa shape index (κ2) is 17.4. The Morgan fingerprint density at radius 2 is 2.02 bits per heavy atom. The van der Waals surface area contributed by atoms with Crippen LogP contribution in [0.3, 0.4) is 0 Å². The maximum absolute atomic E-state index is 13.6. The summed E-state index contributed by atoms with van der Waals surface area (Å²) in [7, 11) is 0. The zero-order chi connectivity index (χ0) is 35.5. The van der Waals surface area contributed by atoms with Gasteiger partial charge in [-0.1, -0.05) is 48.9 Å². The molecule has 2 aliphatic heterocycles. The van der Waals surface area contributed by atoms with E-state index in [-0.39, 0.29) is 67.5 Å². The van der Waals surface area contributed by atoms with Crippen molar-refractivity contribution in [1.29, 1.82) is 0 Å². The number of carbonyl (C=O) groups is 5. The summed E-state index contributed by atoms with van der Waals surface area (Å²) in [6, 6.07) is 0.650. The predicted octanol–water partition coefficient (Wildman–Crippen LogP) is 3.45. The van der Waals surface area contributed by atoms with Gasteiger partial charge in [-0.2, -0.15) is 0 Å². The quantitative estimate of drug-likeness (QED) is 0.389. The zero-order valence-electron chi connectivity index (χ0n) is 28.0. The minimum absolute atomic E-state index is 0.00291. The fourth-order valence-electron chi connectivity index (χ4n) is 5.62. The summed E-state index contributed by atoms with van der Waals surface area (Å²) in [6.07, 6.45) is 7.39. The van der Waals surface area contributed by atoms with E-state index in [9.17, 15) is 29.1 Å². The number of oxazole rings is 1. The summed E-state index contributed by atoms with van der Waals surface area (Å²) >= 11 is 0. The lowest BCUT2D eigenvalue weighted by Gasteiger charge is -2.31. The van der Waals surface area contributed by atoms with Crippen LogP contribution in [0.2, 0.25) is 0 Å². The Balaban J connectivity index is 1.51. The van der Waals surface area contributed by atoms with E-state index in [1.165, 1.54) is 17.1 Å². The normalized spacial score (nSPS) is 24.3. The Kier molecular flexibility index (Phi) is 13.0. The number of anilines is 1. The summed E-state index contributed by atoms with van der Waals surface area (Å²) < 4.78 is 21.7. The first kappa shape index (κ1) is 36.8. The standard InChI is InChI=1S/C34H43N5O10/c1-20-7-5-12-35-29(42)10-9-21(2)31(22(3)11-14-46-34(45)37-28-16-23(4)49-38-28)48-33(44)27-8-6-13-39(27)32(43)26-19-47-30(36-26)18-25(41)17-24(40)15-20/h5,7,9-10,15-16,19,21-22,24,27,31,40H,6,8,11-14,17-18H2,1-4H3,(H,35,42)(H,37,38,45)/b7-5?,10-9+,20-15?/t21-,22-,24-,27-,31+/m1/s1. The van der Waals surface area contributed by atoms with Crippen LogP contribution in [-0.4, -0.2) is 87.8 Å². The van der Waals surface area contributed by atoms with Crippen molar-refractivity contribution < 1.29 is 47.5 Å². The largest absolute Gasteiger partial charge is 0.460 e. The van der Waals surface area contributed by atoms with Gasteiger partial charge < -0.3 is 33.7 Å². The highest BCUT2D eigenvalue weighted by Crippen LogP contribution is 2.27. The third kappa shape index (κ3) is 11.0. The molecule has 4 heterocycles. The molecule has 49 heavy (non-hydrogen) atoms. The van der Waals surface area contributed by atoms with Gasteiger partial charge in [0.25, 0.3) is 5.91 Å². The molecule has 0 unspecified atom stereocenters. The molecule has 0 aromatic carbocycles. The van der Waals surface area contributed by atoms with Gasteiger partial charge >= 0.3 is 12.1 Å². The van der Waals surface area contributed by atoms with Gasteiger partial charge in [-0.05, 0) is 45.1 Å². The van der Waals surface area contributed by atoms with Gasteiger partial charge in [-0.25, -0.2) is 14.6 Å². The topological polar surface area (TPSA) is 203 Å². The van der Waals surface area contributed by atoms with Crippen molar-refractivity contribution in [2.45, 2.75) is 78.0 Å². The molecule has 3 amide bonds. The molecule has 0 aliphatic carbocycles. The summed E-state index contributed by atoms with van der Waals surface area (Å²) in [6.45, 7) is 7.57. The highest BCUT2D eigenvalue weighted by Gasteiger charge is 2.39. The van der Waals surface area contributed by atoms with Crippen LogP contribution in [0.4, 0.5) is 10.6 Å². The van der Waals surface area contributed by atoms with Gasteiger partial charge in [0.15, 0.2) is 11.5 Å². The maximum Gasteiger partial charge on any atom is 0.412 e. The van der Waals surface area contributed by atoms with Crippen molar-refractivity contribution >= 4 is 35.5 Å². The van der Waals surface area contributed by atoms with E-state index in [2.05, 4.69) is 20.8 Å². The number of allylic oxidation sites excluding steroid dienone is 2. The molecule has 15 nitrogen and oxygen atoms in total. The Labute approximate surface area is 283 Å². The van der Waals surface area contributed by atoms with Gasteiger partial charge in [0.05, 0.1) is 19.1 Å². The zero-order valence-corrected chi connectivity index (χ0v) is 28.0. The number of aryl methyl sites for hydroxylation is 1. The van der Waals surface area contributed by atoms with Crippen molar-refractivity contribution in [2.24, 2.45) is 11.8 Å². The Morgan fingerprint density at radius 1 is 1.22 bits per heavy atom. The van der Waals surface area contributed by atoms with E-state index < -0.39 is 42.1 Å². The number of hydrogen-bond donors (Lipinski definition) is 3. The summed E-state index contributed by atoms with van der Waals surface area (Å²) in [4.78, 5) is 70.0. The van der Waals surface area contributed by atoms with Gasteiger partial charge in [-0.3, -0.25) is 19.7 Å². The van der Waals surface area contributed by atoms with E-state index in [1.54, 1.807) is 45.1 Å². The molecule has 4 rings (SSSR count). The highest BCUT2D eigenvalue weighted by molar-refractivity contribution is 5.95. The predicted molar refractivity (Wildman–Crippen MR) is 174 cm³/mol. The lowest BCUT2D eigenvalue weighted by Crippen LogP contribution is -2.44. The number of nitrogens with one attached hydrogen (secondary N) is 2. The van der Waals surface area contributed by atoms with Crippen molar-refractivity contribution in [3.8, 4) is 0 Å². The number of cyclic esters (lactones) is 1. The van der Waals surface area contributed by atoms with Crippen LogP contribution in [0, 0.1) is 18.8 Å². The number of carbonyl (C=O) groups excluding carboxylic acids is 5. The van der Waals surface area contributed by atoms with E-state index in [0.29, 0.717) is 30.6 Å². The third-order valence-corrected chi connectivity index (χ3v) is 8.12. The number of fused-ring (bicyclic) bond motifs is 3. The molecule has 15 heteroatoms. The first-order valence-electron chi connectivity index (χ1n) is 16.2. The Hall–Kier alpha value is -5.05. The van der Waals surface area contributed by atoms with Crippen LogP contribution >= 0.6 is 0 Å². The fraction of sp³-hybridized carbons (Fsp3) is 0.500. The van der Waals surface area contributed by atoms with Crippen LogP contribution in [0.25, 0.3) is 0 Å². The summed E-state index contributed by atoms with van der Waals surface area (Å²) in [5.41, 5.74) is 0.639. The molecule has 1 saturated heterocycles.